The third-order valence-electron chi connectivity index (χ3n) is 4.01. The van der Waals surface area contributed by atoms with Crippen molar-refractivity contribution in [1.82, 2.24) is 10.2 Å². The second kappa shape index (κ2) is 7.48. The van der Waals surface area contributed by atoms with Crippen LogP contribution in [0.2, 0.25) is 0 Å². The first kappa shape index (κ1) is 17.3. The first-order chi connectivity index (χ1) is 10.4. The normalized spacial score (nSPS) is 20.0. The van der Waals surface area contributed by atoms with Gasteiger partial charge in [0.05, 0.1) is 13.1 Å². The van der Waals surface area contributed by atoms with Crippen LogP contribution in [0.4, 0.5) is 8.78 Å². The molecular formula is C15H22F2N2O2S. The molecule has 1 aliphatic rings. The number of piperidine rings is 1. The van der Waals surface area contributed by atoms with Crippen LogP contribution in [0.15, 0.2) is 17.5 Å². The number of nitrogens with zero attached hydrogens (tertiary/aromatic N) is 1. The Hall–Kier alpha value is -1.05. The fraction of sp³-hybridized carbons (Fsp3) is 0.667. The number of aliphatic hydroxyl groups is 1. The number of carbonyl (C=O) groups excluding carboxylic acids is 1. The van der Waals surface area contributed by atoms with Gasteiger partial charge < -0.3 is 10.4 Å². The van der Waals surface area contributed by atoms with E-state index in [1.54, 1.807) is 11.8 Å². The Morgan fingerprint density at radius 3 is 2.77 bits per heavy atom. The van der Waals surface area contributed by atoms with Crippen LogP contribution in [0.3, 0.4) is 0 Å². The molecule has 1 saturated heterocycles. The van der Waals surface area contributed by atoms with Crippen LogP contribution in [0.1, 0.15) is 24.6 Å². The predicted molar refractivity (Wildman–Crippen MR) is 82.1 cm³/mol. The lowest BCUT2D eigenvalue weighted by atomic mass is 9.95. The third-order valence-corrected chi connectivity index (χ3v) is 5.14. The van der Waals surface area contributed by atoms with E-state index in [2.05, 4.69) is 5.32 Å². The molecule has 22 heavy (non-hydrogen) atoms. The van der Waals surface area contributed by atoms with Crippen molar-refractivity contribution in [3.8, 4) is 0 Å². The summed E-state index contributed by atoms with van der Waals surface area (Å²) in [6.45, 7) is 2.64. The van der Waals surface area contributed by atoms with E-state index in [0.29, 0.717) is 25.9 Å². The van der Waals surface area contributed by atoms with E-state index in [1.807, 2.05) is 17.5 Å². The average Bonchev–Trinajstić information content (AvgIpc) is 3.00. The molecule has 2 rings (SSSR count). The minimum Gasteiger partial charge on any atom is -0.383 e. The van der Waals surface area contributed by atoms with Gasteiger partial charge >= 0.3 is 0 Å². The predicted octanol–water partition coefficient (Wildman–Crippen LogP) is 2.05. The van der Waals surface area contributed by atoms with Crippen LogP contribution in [0.5, 0.6) is 0 Å². The van der Waals surface area contributed by atoms with Crippen molar-refractivity contribution in [2.75, 3.05) is 26.2 Å². The molecule has 4 nitrogen and oxygen atoms in total. The second-order valence-electron chi connectivity index (χ2n) is 5.93. The first-order valence-corrected chi connectivity index (χ1v) is 8.31. The Bertz CT molecular complexity index is 472. The molecule has 0 saturated carbocycles. The quantitative estimate of drug-likeness (QED) is 0.838. The van der Waals surface area contributed by atoms with Crippen molar-refractivity contribution in [2.24, 2.45) is 5.92 Å². The second-order valence-corrected chi connectivity index (χ2v) is 6.88. The lowest BCUT2D eigenvalue weighted by Gasteiger charge is -2.31. The molecule has 2 heterocycles. The van der Waals surface area contributed by atoms with Crippen LogP contribution in [-0.2, 0) is 10.4 Å². The number of halogens is 2. The molecule has 1 aromatic heterocycles. The Balaban J connectivity index is 1.77. The highest BCUT2D eigenvalue weighted by atomic mass is 32.1. The third kappa shape index (κ3) is 4.72. The molecule has 2 N–H and O–H groups in total. The lowest BCUT2D eigenvalue weighted by Crippen LogP contribution is -2.45. The minimum absolute atomic E-state index is 0.103. The zero-order valence-electron chi connectivity index (χ0n) is 12.6. The molecule has 0 aliphatic carbocycles. The highest BCUT2D eigenvalue weighted by Crippen LogP contribution is 2.25. The molecular weight excluding hydrogens is 310 g/mol. The summed E-state index contributed by atoms with van der Waals surface area (Å²) < 4.78 is 24.6. The summed E-state index contributed by atoms with van der Waals surface area (Å²) in [5, 5.41) is 15.0. The molecule has 1 fully saturated rings. The Labute approximate surface area is 133 Å². The number of hydrogen-bond acceptors (Lipinski definition) is 4. The molecule has 0 bridgehead atoms. The number of likely N-dealkylation sites (tertiary alicyclic amines) is 1. The molecule has 0 radical (unpaired) electrons. The number of hydrogen-bond donors (Lipinski definition) is 2. The number of amides is 1. The lowest BCUT2D eigenvalue weighted by molar-refractivity contribution is -0.127. The summed E-state index contributed by atoms with van der Waals surface area (Å²) in [6, 6.07) is 3.69. The van der Waals surface area contributed by atoms with Gasteiger partial charge in [0.1, 0.15) is 5.60 Å². The SMILES string of the molecule is C[C@](O)(CNC(=O)C1CCN(CC(F)F)CC1)c1cccs1. The number of nitrogens with one attached hydrogen (secondary N) is 1. The van der Waals surface area contributed by atoms with Gasteiger partial charge in [0.2, 0.25) is 5.91 Å². The first-order valence-electron chi connectivity index (χ1n) is 7.43. The van der Waals surface area contributed by atoms with Gasteiger partial charge in [0.25, 0.3) is 6.43 Å². The summed E-state index contributed by atoms with van der Waals surface area (Å²) >= 11 is 1.44. The molecule has 7 heteroatoms. The van der Waals surface area contributed by atoms with Crippen molar-refractivity contribution >= 4 is 17.2 Å². The van der Waals surface area contributed by atoms with Crippen molar-refractivity contribution in [1.29, 1.82) is 0 Å². The van der Waals surface area contributed by atoms with E-state index < -0.39 is 12.0 Å². The standard InChI is InChI=1S/C15H22F2N2O2S/c1-15(21,12-3-2-8-22-12)10-18-14(20)11-4-6-19(7-5-11)9-13(16)17/h2-3,8,11,13,21H,4-7,9-10H2,1H3,(H,18,20)/t15-/m0/s1. The Morgan fingerprint density at radius 2 is 2.23 bits per heavy atom. The molecule has 1 amide bonds. The van der Waals surface area contributed by atoms with Gasteiger partial charge in [-0.15, -0.1) is 11.3 Å². The van der Waals surface area contributed by atoms with Gasteiger partial charge in [0.15, 0.2) is 0 Å². The Kier molecular flexibility index (Phi) is 5.88. The molecule has 0 aromatic carbocycles. The maximum atomic E-state index is 12.3. The van der Waals surface area contributed by atoms with Gasteiger partial charge in [-0.3, -0.25) is 9.69 Å². The van der Waals surface area contributed by atoms with E-state index in [0.717, 1.165) is 4.88 Å². The van der Waals surface area contributed by atoms with Crippen LogP contribution in [0, 0.1) is 5.92 Å². The smallest absolute Gasteiger partial charge is 0.251 e. The highest BCUT2D eigenvalue weighted by Gasteiger charge is 2.29. The van der Waals surface area contributed by atoms with Gasteiger partial charge in [-0.2, -0.15) is 0 Å². The number of thiophene rings is 1. The zero-order chi connectivity index (χ0) is 16.2. The van der Waals surface area contributed by atoms with E-state index in [-0.39, 0.29) is 24.9 Å². The van der Waals surface area contributed by atoms with Crippen LogP contribution in [-0.4, -0.2) is 48.5 Å². The average molecular weight is 332 g/mol. The van der Waals surface area contributed by atoms with Crippen molar-refractivity contribution in [2.45, 2.75) is 31.8 Å². The van der Waals surface area contributed by atoms with Crippen LogP contribution in [0.25, 0.3) is 0 Å². The van der Waals surface area contributed by atoms with Crippen molar-refractivity contribution < 1.29 is 18.7 Å². The summed E-state index contributed by atoms with van der Waals surface area (Å²) in [4.78, 5) is 14.7. The highest BCUT2D eigenvalue weighted by molar-refractivity contribution is 7.10. The summed E-state index contributed by atoms with van der Waals surface area (Å²) in [5.41, 5.74) is -1.08. The van der Waals surface area contributed by atoms with Crippen LogP contribution < -0.4 is 5.32 Å². The summed E-state index contributed by atoms with van der Waals surface area (Å²) in [6.07, 6.45) is -1.16. The van der Waals surface area contributed by atoms with Crippen LogP contribution >= 0.6 is 11.3 Å². The van der Waals surface area contributed by atoms with E-state index >= 15 is 0 Å². The summed E-state index contributed by atoms with van der Waals surface area (Å²) in [7, 11) is 0. The Morgan fingerprint density at radius 1 is 1.55 bits per heavy atom. The van der Waals surface area contributed by atoms with E-state index in [9.17, 15) is 18.7 Å². The zero-order valence-corrected chi connectivity index (χ0v) is 13.4. The molecule has 1 aromatic rings. The number of carbonyl (C=O) groups is 1. The van der Waals surface area contributed by atoms with E-state index in [1.165, 1.54) is 11.3 Å². The maximum Gasteiger partial charge on any atom is 0.251 e. The fourth-order valence-corrected chi connectivity index (χ4v) is 3.44. The van der Waals surface area contributed by atoms with E-state index in [4.69, 9.17) is 0 Å². The minimum atomic E-state index is -2.33. The van der Waals surface area contributed by atoms with Gasteiger partial charge in [-0.25, -0.2) is 8.78 Å². The van der Waals surface area contributed by atoms with Gasteiger partial charge in [-0.05, 0) is 44.3 Å². The molecule has 1 atom stereocenters. The maximum absolute atomic E-state index is 12.3. The van der Waals surface area contributed by atoms with Crippen molar-refractivity contribution in [3.05, 3.63) is 22.4 Å². The molecule has 0 unspecified atom stereocenters. The summed E-state index contributed by atoms with van der Waals surface area (Å²) in [5.74, 6) is -0.262. The topological polar surface area (TPSA) is 52.6 Å². The molecule has 0 spiro atoms. The number of rotatable bonds is 6. The monoisotopic (exact) mass is 332 g/mol. The molecule has 124 valence electrons. The van der Waals surface area contributed by atoms with Gasteiger partial charge in [0, 0.05) is 10.8 Å². The molecule has 1 aliphatic heterocycles. The van der Waals surface area contributed by atoms with Crippen molar-refractivity contribution in [3.63, 3.8) is 0 Å². The van der Waals surface area contributed by atoms with Gasteiger partial charge in [-0.1, -0.05) is 6.07 Å². The fourth-order valence-electron chi connectivity index (χ4n) is 2.65. The largest absolute Gasteiger partial charge is 0.383 e. The number of alkyl halides is 2.